The van der Waals surface area contributed by atoms with E-state index in [0.29, 0.717) is 0 Å². The van der Waals surface area contributed by atoms with Gasteiger partial charge in [-0.05, 0) is 54.3 Å². The molecule has 2 heterocycles. The number of alkyl halides is 3. The average Bonchev–Trinajstić information content (AvgIpc) is 2.82. The number of hydrogen-bond donors (Lipinski definition) is 2. The highest BCUT2D eigenvalue weighted by Gasteiger charge is 2.41. The molecule has 1 fully saturated rings. The molecule has 3 aromatic carbocycles. The Kier molecular flexibility index (Phi) is 5.69. The van der Waals surface area contributed by atoms with Gasteiger partial charge in [0.1, 0.15) is 18.0 Å². The van der Waals surface area contributed by atoms with Gasteiger partial charge in [-0.15, -0.1) is 0 Å². The predicted molar refractivity (Wildman–Crippen MR) is 121 cm³/mol. The van der Waals surface area contributed by atoms with Crippen molar-refractivity contribution in [1.82, 2.24) is 0 Å². The molecule has 1 aliphatic rings. The number of likely N-dealkylation sites (tertiary alicyclic amines) is 1. The quantitative estimate of drug-likeness (QED) is 0.439. The lowest BCUT2D eigenvalue weighted by atomic mass is 10.1. The van der Waals surface area contributed by atoms with Crippen LogP contribution in [0.15, 0.2) is 63.8 Å². The van der Waals surface area contributed by atoms with Crippen LogP contribution >= 0.6 is 0 Å². The Morgan fingerprint density at radius 3 is 2.44 bits per heavy atom. The standard InChI is InChI=1S/C26H22F3NO4/c27-26(28,29)25-24(33-18-9-8-16-6-2-3-7-17(16)14-18)22(32)19-10-11-21(31)20(23(19)34-25)15-30-12-4-1-5-13-30/h2-3,6-11,14,31H,1,4-5,12-13,15H2/p+1. The molecule has 0 atom stereocenters. The first-order valence-electron chi connectivity index (χ1n) is 11.2. The molecule has 176 valence electrons. The molecule has 0 bridgehead atoms. The molecule has 8 heteroatoms. The van der Waals surface area contributed by atoms with Crippen molar-refractivity contribution in [1.29, 1.82) is 0 Å². The third-order valence-electron chi connectivity index (χ3n) is 6.28. The van der Waals surface area contributed by atoms with Gasteiger partial charge in [-0.1, -0.05) is 30.3 Å². The third-order valence-corrected chi connectivity index (χ3v) is 6.28. The molecule has 0 spiro atoms. The Balaban J connectivity index is 1.64. The van der Waals surface area contributed by atoms with Crippen LogP contribution in [0.2, 0.25) is 0 Å². The summed E-state index contributed by atoms with van der Waals surface area (Å²) in [5, 5.41) is 12.0. The zero-order valence-corrected chi connectivity index (χ0v) is 18.2. The topological polar surface area (TPSA) is 64.1 Å². The average molecular weight is 470 g/mol. The summed E-state index contributed by atoms with van der Waals surface area (Å²) >= 11 is 0. The summed E-state index contributed by atoms with van der Waals surface area (Å²) in [7, 11) is 0. The molecule has 0 radical (unpaired) electrons. The van der Waals surface area contributed by atoms with E-state index in [9.17, 15) is 23.1 Å². The van der Waals surface area contributed by atoms with E-state index >= 15 is 0 Å². The summed E-state index contributed by atoms with van der Waals surface area (Å²) < 4.78 is 52.9. The summed E-state index contributed by atoms with van der Waals surface area (Å²) in [6, 6.07) is 14.7. The van der Waals surface area contributed by atoms with Crippen molar-refractivity contribution in [3.63, 3.8) is 0 Å². The normalized spacial score (nSPS) is 15.1. The Morgan fingerprint density at radius 1 is 0.971 bits per heavy atom. The Hall–Kier alpha value is -3.52. The van der Waals surface area contributed by atoms with Crippen molar-refractivity contribution in [2.24, 2.45) is 0 Å². The number of rotatable bonds is 4. The maximum atomic E-state index is 14.0. The number of halogens is 3. The lowest BCUT2D eigenvalue weighted by Gasteiger charge is -2.24. The van der Waals surface area contributed by atoms with Gasteiger partial charge in [-0.3, -0.25) is 4.79 Å². The van der Waals surface area contributed by atoms with Crippen molar-refractivity contribution in [2.45, 2.75) is 32.0 Å². The molecule has 1 aromatic heterocycles. The Bertz CT molecular complexity index is 1420. The van der Waals surface area contributed by atoms with Gasteiger partial charge in [0, 0.05) is 0 Å². The number of aromatic hydroxyl groups is 1. The molecule has 0 amide bonds. The molecule has 1 saturated heterocycles. The number of phenols is 1. The minimum absolute atomic E-state index is 0.0620. The van der Waals surface area contributed by atoms with Gasteiger partial charge >= 0.3 is 6.18 Å². The van der Waals surface area contributed by atoms with E-state index in [-0.39, 0.29) is 34.6 Å². The number of ether oxygens (including phenoxy) is 1. The van der Waals surface area contributed by atoms with E-state index in [4.69, 9.17) is 9.15 Å². The molecular weight excluding hydrogens is 447 g/mol. The molecular formula is C26H23F3NO4+. The number of benzene rings is 3. The van der Waals surface area contributed by atoms with Gasteiger partial charge in [-0.2, -0.15) is 13.2 Å². The van der Waals surface area contributed by atoms with Crippen molar-refractivity contribution >= 4 is 21.7 Å². The van der Waals surface area contributed by atoms with Crippen LogP contribution in [0.1, 0.15) is 30.6 Å². The molecule has 0 unspecified atom stereocenters. The van der Waals surface area contributed by atoms with E-state index in [0.717, 1.165) is 48.0 Å². The molecule has 0 aliphatic carbocycles. The van der Waals surface area contributed by atoms with Crippen LogP contribution < -0.4 is 15.1 Å². The van der Waals surface area contributed by atoms with Gasteiger partial charge in [-0.25, -0.2) is 0 Å². The van der Waals surface area contributed by atoms with E-state index in [1.54, 1.807) is 24.3 Å². The maximum Gasteiger partial charge on any atom is 0.453 e. The van der Waals surface area contributed by atoms with Crippen LogP contribution in [0.25, 0.3) is 21.7 Å². The number of piperidine rings is 1. The molecule has 1 aliphatic heterocycles. The summed E-state index contributed by atoms with van der Waals surface area (Å²) in [5.41, 5.74) is -0.979. The number of hydrogen-bond acceptors (Lipinski definition) is 4. The molecule has 5 rings (SSSR count). The Morgan fingerprint density at radius 2 is 1.71 bits per heavy atom. The molecule has 2 N–H and O–H groups in total. The minimum atomic E-state index is -4.97. The predicted octanol–water partition coefficient (Wildman–Crippen LogP) is 5.03. The Labute approximate surface area is 193 Å². The van der Waals surface area contributed by atoms with Gasteiger partial charge in [0.25, 0.3) is 5.76 Å². The maximum absolute atomic E-state index is 14.0. The van der Waals surface area contributed by atoms with E-state index in [2.05, 4.69) is 0 Å². The zero-order valence-electron chi connectivity index (χ0n) is 18.2. The highest BCUT2D eigenvalue weighted by molar-refractivity contribution is 5.85. The zero-order chi connectivity index (χ0) is 23.9. The molecule has 0 saturated carbocycles. The second-order valence-corrected chi connectivity index (χ2v) is 8.63. The van der Waals surface area contributed by atoms with Crippen LogP contribution in [0.4, 0.5) is 13.2 Å². The highest BCUT2D eigenvalue weighted by Crippen LogP contribution is 2.40. The largest absolute Gasteiger partial charge is 0.507 e. The molecule has 4 aromatic rings. The van der Waals surface area contributed by atoms with Crippen molar-refractivity contribution in [3.8, 4) is 17.2 Å². The smallest absolute Gasteiger partial charge is 0.453 e. The first-order chi connectivity index (χ1) is 16.3. The summed E-state index contributed by atoms with van der Waals surface area (Å²) in [6.45, 7) is 1.96. The van der Waals surface area contributed by atoms with E-state index in [1.807, 2.05) is 12.1 Å². The van der Waals surface area contributed by atoms with Gasteiger partial charge < -0.3 is 19.2 Å². The van der Waals surface area contributed by atoms with E-state index in [1.165, 1.54) is 18.2 Å². The first-order valence-corrected chi connectivity index (χ1v) is 11.2. The van der Waals surface area contributed by atoms with Gasteiger partial charge in [0.05, 0.1) is 24.0 Å². The summed E-state index contributed by atoms with van der Waals surface area (Å²) in [5.74, 6) is -2.53. The second kappa shape index (κ2) is 8.68. The molecule has 5 nitrogen and oxygen atoms in total. The van der Waals surface area contributed by atoms with Gasteiger partial charge in [0.15, 0.2) is 5.58 Å². The number of nitrogens with one attached hydrogen (secondary N) is 1. The van der Waals surface area contributed by atoms with Crippen molar-refractivity contribution in [2.75, 3.05) is 13.1 Å². The second-order valence-electron chi connectivity index (χ2n) is 8.63. The van der Waals surface area contributed by atoms with Gasteiger partial charge in [0.2, 0.25) is 11.2 Å². The highest BCUT2D eigenvalue weighted by atomic mass is 19.4. The molecule has 34 heavy (non-hydrogen) atoms. The van der Waals surface area contributed by atoms with Crippen molar-refractivity contribution < 1.29 is 32.3 Å². The first kappa shape index (κ1) is 22.3. The lowest BCUT2D eigenvalue weighted by molar-refractivity contribution is -0.918. The summed E-state index contributed by atoms with van der Waals surface area (Å²) in [6.07, 6.45) is -1.86. The van der Waals surface area contributed by atoms with Crippen LogP contribution in [-0.4, -0.2) is 18.2 Å². The van der Waals surface area contributed by atoms with E-state index < -0.39 is 23.1 Å². The fraction of sp³-hybridized carbons (Fsp3) is 0.269. The van der Waals surface area contributed by atoms with Crippen LogP contribution in [0.3, 0.4) is 0 Å². The minimum Gasteiger partial charge on any atom is -0.507 e. The van der Waals surface area contributed by atoms with Crippen molar-refractivity contribution in [3.05, 3.63) is 76.1 Å². The van der Waals surface area contributed by atoms with Crippen LogP contribution in [0, 0.1) is 0 Å². The number of quaternary nitrogens is 1. The number of phenolic OH excluding ortho intramolecular Hbond substituents is 1. The van der Waals surface area contributed by atoms with Crippen LogP contribution in [0.5, 0.6) is 17.2 Å². The monoisotopic (exact) mass is 470 g/mol. The third kappa shape index (κ3) is 4.21. The SMILES string of the molecule is O=c1c(Oc2ccc3ccccc3c2)c(C(F)(F)F)oc2c(C[NH+]3CCCCC3)c(O)ccc12. The summed E-state index contributed by atoms with van der Waals surface area (Å²) in [4.78, 5) is 14.4. The number of fused-ring (bicyclic) bond motifs is 2. The van der Waals surface area contributed by atoms with Crippen LogP contribution in [-0.2, 0) is 12.7 Å². The fourth-order valence-corrected chi connectivity index (χ4v) is 4.56. The fourth-order valence-electron chi connectivity index (χ4n) is 4.56. The lowest BCUT2D eigenvalue weighted by Crippen LogP contribution is -3.11.